The average molecular weight is 279 g/mol. The highest BCUT2D eigenvalue weighted by Crippen LogP contribution is 2.36. The van der Waals surface area contributed by atoms with Crippen molar-refractivity contribution in [3.8, 4) is 17.2 Å². The van der Waals surface area contributed by atoms with E-state index in [9.17, 15) is 5.26 Å². The third-order valence-electron chi connectivity index (χ3n) is 4.11. The predicted molar refractivity (Wildman–Crippen MR) is 91.6 cm³/mol. The van der Waals surface area contributed by atoms with E-state index >= 15 is 0 Å². The molecule has 0 saturated carbocycles. The van der Waals surface area contributed by atoms with Crippen molar-refractivity contribution in [3.63, 3.8) is 0 Å². The predicted octanol–water partition coefficient (Wildman–Crippen LogP) is 5.53. The van der Waals surface area contributed by atoms with Crippen LogP contribution in [0.15, 0.2) is 78.9 Å². The van der Waals surface area contributed by atoms with Gasteiger partial charge in [-0.2, -0.15) is 5.26 Å². The standard InChI is InChI=1S/C21H13N/c22-14-17-13-12-16-7-2-4-10-19(16)21(17)20-11-5-8-15-6-1-3-9-18(15)20/h1-13H. The Bertz CT molecular complexity index is 1030. The molecule has 0 N–H and O–H groups in total. The molecule has 1 nitrogen and oxygen atoms in total. The van der Waals surface area contributed by atoms with Crippen LogP contribution in [0.5, 0.6) is 0 Å². The molecule has 4 rings (SSSR count). The molecule has 0 saturated heterocycles. The molecule has 0 amide bonds. The molecule has 0 aromatic heterocycles. The lowest BCUT2D eigenvalue weighted by Gasteiger charge is -2.12. The van der Waals surface area contributed by atoms with Crippen molar-refractivity contribution < 1.29 is 0 Å². The first-order valence-electron chi connectivity index (χ1n) is 7.28. The van der Waals surface area contributed by atoms with Crippen LogP contribution in [-0.4, -0.2) is 0 Å². The fraction of sp³-hybridized carbons (Fsp3) is 0. The summed E-state index contributed by atoms with van der Waals surface area (Å²) in [7, 11) is 0. The molecule has 102 valence electrons. The third-order valence-corrected chi connectivity index (χ3v) is 4.11. The highest BCUT2D eigenvalue weighted by Gasteiger charge is 2.12. The summed E-state index contributed by atoms with van der Waals surface area (Å²) in [5.74, 6) is 0. The number of hydrogen-bond donors (Lipinski definition) is 0. The molecule has 4 aromatic rings. The Balaban J connectivity index is 2.19. The summed E-state index contributed by atoms with van der Waals surface area (Å²) in [4.78, 5) is 0. The van der Waals surface area contributed by atoms with Gasteiger partial charge in [0.2, 0.25) is 0 Å². The zero-order valence-corrected chi connectivity index (χ0v) is 12.0. The molecular formula is C21H13N. The first-order chi connectivity index (χ1) is 10.9. The van der Waals surface area contributed by atoms with Crippen molar-refractivity contribution in [2.75, 3.05) is 0 Å². The molecular weight excluding hydrogens is 266 g/mol. The second-order valence-electron chi connectivity index (χ2n) is 5.35. The summed E-state index contributed by atoms with van der Waals surface area (Å²) in [6, 6.07) is 29.1. The van der Waals surface area contributed by atoms with Crippen molar-refractivity contribution in [1.82, 2.24) is 0 Å². The zero-order valence-electron chi connectivity index (χ0n) is 12.0. The number of fused-ring (bicyclic) bond motifs is 2. The van der Waals surface area contributed by atoms with Gasteiger partial charge in [0, 0.05) is 5.56 Å². The number of nitrogens with zero attached hydrogens (tertiary/aromatic N) is 1. The van der Waals surface area contributed by atoms with Gasteiger partial charge in [-0.25, -0.2) is 0 Å². The summed E-state index contributed by atoms with van der Waals surface area (Å²) >= 11 is 0. The van der Waals surface area contributed by atoms with E-state index in [0.29, 0.717) is 0 Å². The molecule has 0 aliphatic rings. The Morgan fingerprint density at radius 2 is 1.23 bits per heavy atom. The monoisotopic (exact) mass is 279 g/mol. The number of benzene rings is 4. The molecule has 0 aliphatic carbocycles. The number of rotatable bonds is 1. The lowest BCUT2D eigenvalue weighted by Crippen LogP contribution is -1.88. The van der Waals surface area contributed by atoms with Crippen molar-refractivity contribution >= 4 is 21.5 Å². The van der Waals surface area contributed by atoms with Crippen LogP contribution in [0.25, 0.3) is 32.7 Å². The van der Waals surface area contributed by atoms with Gasteiger partial charge in [0.25, 0.3) is 0 Å². The molecule has 0 radical (unpaired) electrons. The van der Waals surface area contributed by atoms with Crippen LogP contribution in [0.3, 0.4) is 0 Å². The van der Waals surface area contributed by atoms with E-state index < -0.39 is 0 Å². The van der Waals surface area contributed by atoms with Gasteiger partial charge in [0.05, 0.1) is 11.6 Å². The van der Waals surface area contributed by atoms with E-state index in [2.05, 4.69) is 48.5 Å². The summed E-state index contributed by atoms with van der Waals surface area (Å²) < 4.78 is 0. The zero-order chi connectivity index (χ0) is 14.9. The van der Waals surface area contributed by atoms with E-state index in [1.165, 1.54) is 10.8 Å². The van der Waals surface area contributed by atoms with Gasteiger partial charge >= 0.3 is 0 Å². The van der Waals surface area contributed by atoms with Crippen LogP contribution < -0.4 is 0 Å². The first-order valence-corrected chi connectivity index (χ1v) is 7.28. The van der Waals surface area contributed by atoms with Gasteiger partial charge in [-0.3, -0.25) is 0 Å². The molecule has 0 unspecified atom stereocenters. The first kappa shape index (κ1) is 12.6. The summed E-state index contributed by atoms with van der Waals surface area (Å²) in [6.45, 7) is 0. The second kappa shape index (κ2) is 5.02. The lowest BCUT2D eigenvalue weighted by atomic mass is 9.90. The highest BCUT2D eigenvalue weighted by molar-refractivity contribution is 6.07. The molecule has 4 aromatic carbocycles. The largest absolute Gasteiger partial charge is 0.192 e. The van der Waals surface area contributed by atoms with Crippen molar-refractivity contribution in [3.05, 3.63) is 84.4 Å². The van der Waals surface area contributed by atoms with Crippen molar-refractivity contribution in [1.29, 1.82) is 5.26 Å². The average Bonchev–Trinajstić information content (AvgIpc) is 2.60. The van der Waals surface area contributed by atoms with E-state index in [1.807, 2.05) is 36.4 Å². The van der Waals surface area contributed by atoms with Crippen LogP contribution in [0.2, 0.25) is 0 Å². The summed E-state index contributed by atoms with van der Waals surface area (Å²) in [5, 5.41) is 14.2. The fourth-order valence-corrected chi connectivity index (χ4v) is 3.10. The van der Waals surface area contributed by atoms with Crippen LogP contribution in [0.4, 0.5) is 0 Å². The van der Waals surface area contributed by atoms with Crippen molar-refractivity contribution in [2.24, 2.45) is 0 Å². The smallest absolute Gasteiger partial charge is 0.0998 e. The minimum atomic E-state index is 0.718. The fourth-order valence-electron chi connectivity index (χ4n) is 3.10. The highest BCUT2D eigenvalue weighted by atomic mass is 14.3. The number of nitriles is 1. The van der Waals surface area contributed by atoms with Gasteiger partial charge in [-0.05, 0) is 33.2 Å². The molecule has 0 spiro atoms. The van der Waals surface area contributed by atoms with Gasteiger partial charge in [0.1, 0.15) is 0 Å². The van der Waals surface area contributed by atoms with Crippen molar-refractivity contribution in [2.45, 2.75) is 0 Å². The lowest BCUT2D eigenvalue weighted by molar-refractivity contribution is 1.49. The SMILES string of the molecule is N#Cc1ccc2ccccc2c1-c1cccc2ccccc12. The summed E-state index contributed by atoms with van der Waals surface area (Å²) in [6.07, 6.45) is 0. The van der Waals surface area contributed by atoms with E-state index in [4.69, 9.17) is 0 Å². The van der Waals surface area contributed by atoms with Gasteiger partial charge in [-0.15, -0.1) is 0 Å². The third kappa shape index (κ3) is 1.86. The quantitative estimate of drug-likeness (QED) is 0.449. The maximum atomic E-state index is 9.56. The molecule has 0 aliphatic heterocycles. The maximum Gasteiger partial charge on any atom is 0.0998 e. The van der Waals surface area contributed by atoms with E-state index in [1.54, 1.807) is 0 Å². The number of hydrogen-bond acceptors (Lipinski definition) is 1. The Kier molecular flexibility index (Phi) is 2.88. The Morgan fingerprint density at radius 3 is 2.00 bits per heavy atom. The Labute approximate surface area is 129 Å². The molecule has 0 bridgehead atoms. The van der Waals surface area contributed by atoms with Gasteiger partial charge in [0.15, 0.2) is 0 Å². The van der Waals surface area contributed by atoms with Crippen LogP contribution >= 0.6 is 0 Å². The summed E-state index contributed by atoms with van der Waals surface area (Å²) in [5.41, 5.74) is 2.86. The molecule has 0 atom stereocenters. The normalized spacial score (nSPS) is 10.7. The van der Waals surface area contributed by atoms with Crippen LogP contribution in [0.1, 0.15) is 5.56 Å². The van der Waals surface area contributed by atoms with Crippen LogP contribution in [-0.2, 0) is 0 Å². The molecule has 1 heteroatoms. The van der Waals surface area contributed by atoms with E-state index in [-0.39, 0.29) is 0 Å². The van der Waals surface area contributed by atoms with Gasteiger partial charge < -0.3 is 0 Å². The second-order valence-corrected chi connectivity index (χ2v) is 5.35. The molecule has 0 heterocycles. The maximum absolute atomic E-state index is 9.56. The minimum Gasteiger partial charge on any atom is -0.192 e. The minimum absolute atomic E-state index is 0.718. The van der Waals surface area contributed by atoms with E-state index in [0.717, 1.165) is 27.5 Å². The Hall–Kier alpha value is -3.11. The molecule has 22 heavy (non-hydrogen) atoms. The van der Waals surface area contributed by atoms with Gasteiger partial charge in [-0.1, -0.05) is 72.8 Å². The van der Waals surface area contributed by atoms with Crippen LogP contribution in [0, 0.1) is 11.3 Å². The molecule has 0 fully saturated rings. The Morgan fingerprint density at radius 1 is 0.591 bits per heavy atom. The topological polar surface area (TPSA) is 23.8 Å².